The standard InChI is InChI=1S/C21H42N2O3/c1-4-5-6-7-8-9-10-11-12-13-14-17-20(24)22-18-15-16-19(21(25)26)23(2)3/h19H,4-18H2,1-3H3,(H,22,24)(H,25,26). The molecule has 0 aromatic carbocycles. The maximum atomic E-state index is 11.8. The quantitative estimate of drug-likeness (QED) is 0.346. The molecule has 0 aromatic heterocycles. The number of aliphatic carboxylic acids is 1. The van der Waals surface area contributed by atoms with Gasteiger partial charge in [-0.05, 0) is 33.4 Å². The molecule has 1 atom stereocenters. The first-order chi connectivity index (χ1) is 12.5. The Bertz CT molecular complexity index is 359. The van der Waals surface area contributed by atoms with Crippen LogP contribution in [0.3, 0.4) is 0 Å². The molecule has 5 heteroatoms. The molecule has 0 saturated heterocycles. The van der Waals surface area contributed by atoms with Crippen LogP contribution in [0, 0.1) is 0 Å². The minimum absolute atomic E-state index is 0.0950. The van der Waals surface area contributed by atoms with E-state index >= 15 is 0 Å². The number of amides is 1. The van der Waals surface area contributed by atoms with Crippen LogP contribution in [-0.2, 0) is 9.59 Å². The van der Waals surface area contributed by atoms with Crippen LogP contribution in [0.4, 0.5) is 0 Å². The monoisotopic (exact) mass is 370 g/mol. The zero-order valence-corrected chi connectivity index (χ0v) is 17.4. The van der Waals surface area contributed by atoms with Crippen LogP contribution in [0.25, 0.3) is 0 Å². The first-order valence-electron chi connectivity index (χ1n) is 10.6. The Morgan fingerprint density at radius 2 is 1.35 bits per heavy atom. The molecule has 0 saturated carbocycles. The molecular formula is C21H42N2O3. The fourth-order valence-corrected chi connectivity index (χ4v) is 3.16. The molecule has 0 heterocycles. The van der Waals surface area contributed by atoms with Gasteiger partial charge in [0.05, 0.1) is 0 Å². The molecule has 0 aliphatic rings. The number of carbonyl (C=O) groups is 2. The second kappa shape index (κ2) is 17.3. The molecule has 2 N–H and O–H groups in total. The number of carboxylic acids is 1. The Morgan fingerprint density at radius 3 is 1.81 bits per heavy atom. The van der Waals surface area contributed by atoms with Crippen molar-refractivity contribution < 1.29 is 14.7 Å². The van der Waals surface area contributed by atoms with E-state index in [1.807, 2.05) is 0 Å². The number of rotatable bonds is 18. The number of carboxylic acid groups (broad SMARTS) is 1. The summed E-state index contributed by atoms with van der Waals surface area (Å²) in [6.45, 7) is 2.81. The van der Waals surface area contributed by atoms with Gasteiger partial charge in [0.1, 0.15) is 6.04 Å². The van der Waals surface area contributed by atoms with Crippen LogP contribution >= 0.6 is 0 Å². The van der Waals surface area contributed by atoms with Gasteiger partial charge in [0.2, 0.25) is 5.91 Å². The molecule has 5 nitrogen and oxygen atoms in total. The molecule has 0 spiro atoms. The summed E-state index contributed by atoms with van der Waals surface area (Å²) < 4.78 is 0. The third-order valence-electron chi connectivity index (χ3n) is 4.89. The van der Waals surface area contributed by atoms with Crippen LogP contribution < -0.4 is 5.32 Å². The van der Waals surface area contributed by atoms with E-state index in [9.17, 15) is 9.59 Å². The highest BCUT2D eigenvalue weighted by Gasteiger charge is 2.18. The molecular weight excluding hydrogens is 328 g/mol. The summed E-state index contributed by atoms with van der Waals surface area (Å²) in [4.78, 5) is 24.5. The number of hydrogen-bond acceptors (Lipinski definition) is 3. The number of likely N-dealkylation sites (N-methyl/N-ethyl adjacent to an activating group) is 1. The maximum Gasteiger partial charge on any atom is 0.320 e. The van der Waals surface area contributed by atoms with Crippen molar-refractivity contribution in [3.8, 4) is 0 Å². The van der Waals surface area contributed by atoms with Gasteiger partial charge < -0.3 is 10.4 Å². The Morgan fingerprint density at radius 1 is 0.846 bits per heavy atom. The van der Waals surface area contributed by atoms with Gasteiger partial charge in [-0.15, -0.1) is 0 Å². The molecule has 1 unspecified atom stereocenters. The van der Waals surface area contributed by atoms with Crippen LogP contribution in [0.2, 0.25) is 0 Å². The van der Waals surface area contributed by atoms with E-state index in [0.717, 1.165) is 12.8 Å². The lowest BCUT2D eigenvalue weighted by Crippen LogP contribution is -2.36. The number of unbranched alkanes of at least 4 members (excludes halogenated alkanes) is 10. The molecule has 0 rings (SSSR count). The van der Waals surface area contributed by atoms with E-state index in [4.69, 9.17) is 5.11 Å². The van der Waals surface area contributed by atoms with E-state index in [1.165, 1.54) is 57.8 Å². The van der Waals surface area contributed by atoms with Crippen LogP contribution in [0.1, 0.15) is 96.8 Å². The second-order valence-corrected chi connectivity index (χ2v) is 7.60. The number of carbonyl (C=O) groups excluding carboxylic acids is 1. The summed E-state index contributed by atoms with van der Waals surface area (Å²) in [6.07, 6.45) is 16.0. The first kappa shape index (κ1) is 24.9. The van der Waals surface area contributed by atoms with Crippen molar-refractivity contribution >= 4 is 11.9 Å². The number of nitrogens with one attached hydrogen (secondary N) is 1. The van der Waals surface area contributed by atoms with Crippen LogP contribution in [0.15, 0.2) is 0 Å². The molecule has 1 amide bonds. The third kappa shape index (κ3) is 15.2. The molecule has 0 aliphatic heterocycles. The van der Waals surface area contributed by atoms with Gasteiger partial charge >= 0.3 is 5.97 Å². The SMILES string of the molecule is CCCCCCCCCCCCCC(=O)NCCCC(C(=O)O)N(C)C. The predicted molar refractivity (Wildman–Crippen MR) is 108 cm³/mol. The third-order valence-corrected chi connectivity index (χ3v) is 4.89. The lowest BCUT2D eigenvalue weighted by atomic mass is 10.1. The minimum Gasteiger partial charge on any atom is -0.480 e. The summed E-state index contributed by atoms with van der Waals surface area (Å²) in [6, 6.07) is -0.474. The largest absolute Gasteiger partial charge is 0.480 e. The van der Waals surface area contributed by atoms with Crippen molar-refractivity contribution in [1.29, 1.82) is 0 Å². The van der Waals surface area contributed by atoms with Crippen molar-refractivity contribution in [2.75, 3.05) is 20.6 Å². The van der Waals surface area contributed by atoms with Crippen LogP contribution in [0.5, 0.6) is 0 Å². The second-order valence-electron chi connectivity index (χ2n) is 7.60. The van der Waals surface area contributed by atoms with E-state index < -0.39 is 12.0 Å². The molecule has 26 heavy (non-hydrogen) atoms. The fourth-order valence-electron chi connectivity index (χ4n) is 3.16. The summed E-state index contributed by atoms with van der Waals surface area (Å²) in [7, 11) is 3.54. The van der Waals surface area contributed by atoms with Crippen molar-refractivity contribution in [2.45, 2.75) is 103 Å². The van der Waals surface area contributed by atoms with Gasteiger partial charge in [0, 0.05) is 13.0 Å². The van der Waals surface area contributed by atoms with E-state index in [-0.39, 0.29) is 5.91 Å². The highest BCUT2D eigenvalue weighted by molar-refractivity contribution is 5.75. The molecule has 0 fully saturated rings. The highest BCUT2D eigenvalue weighted by Crippen LogP contribution is 2.12. The van der Waals surface area contributed by atoms with Crippen molar-refractivity contribution in [3.05, 3.63) is 0 Å². The molecule has 154 valence electrons. The number of hydrogen-bond donors (Lipinski definition) is 2. The predicted octanol–water partition coefficient (Wildman–Crippen LogP) is 4.60. The first-order valence-corrected chi connectivity index (χ1v) is 10.6. The zero-order valence-electron chi connectivity index (χ0n) is 17.4. The molecule has 0 aliphatic carbocycles. The molecule has 0 aromatic rings. The highest BCUT2D eigenvalue weighted by atomic mass is 16.4. The minimum atomic E-state index is -0.803. The summed E-state index contributed by atoms with van der Waals surface area (Å²) in [5.41, 5.74) is 0. The average Bonchev–Trinajstić information content (AvgIpc) is 2.58. The Kier molecular flexibility index (Phi) is 16.6. The van der Waals surface area contributed by atoms with E-state index in [1.54, 1.807) is 19.0 Å². The smallest absolute Gasteiger partial charge is 0.320 e. The Balaban J connectivity index is 3.40. The molecule has 0 bridgehead atoms. The topological polar surface area (TPSA) is 69.6 Å². The lowest BCUT2D eigenvalue weighted by molar-refractivity contribution is -0.142. The van der Waals surface area contributed by atoms with Crippen LogP contribution in [-0.4, -0.2) is 48.6 Å². The summed E-state index contributed by atoms with van der Waals surface area (Å²) in [5.74, 6) is -0.708. The van der Waals surface area contributed by atoms with Gasteiger partial charge in [-0.1, -0.05) is 71.1 Å². The van der Waals surface area contributed by atoms with E-state index in [0.29, 0.717) is 25.8 Å². The van der Waals surface area contributed by atoms with Gasteiger partial charge in [-0.3, -0.25) is 14.5 Å². The Labute approximate surface area is 160 Å². The van der Waals surface area contributed by atoms with Gasteiger partial charge in [0.15, 0.2) is 0 Å². The summed E-state index contributed by atoms with van der Waals surface area (Å²) in [5, 5.41) is 12.0. The van der Waals surface area contributed by atoms with Gasteiger partial charge in [-0.25, -0.2) is 0 Å². The molecule has 0 radical (unpaired) electrons. The van der Waals surface area contributed by atoms with E-state index in [2.05, 4.69) is 12.2 Å². The fraction of sp³-hybridized carbons (Fsp3) is 0.905. The van der Waals surface area contributed by atoms with Crippen molar-refractivity contribution in [2.24, 2.45) is 0 Å². The maximum absolute atomic E-state index is 11.8. The van der Waals surface area contributed by atoms with Crippen molar-refractivity contribution in [1.82, 2.24) is 10.2 Å². The number of nitrogens with zero attached hydrogens (tertiary/aromatic N) is 1. The van der Waals surface area contributed by atoms with Gasteiger partial charge in [-0.2, -0.15) is 0 Å². The Hall–Kier alpha value is -1.10. The lowest BCUT2D eigenvalue weighted by Gasteiger charge is -2.19. The zero-order chi connectivity index (χ0) is 19.6. The normalized spacial score (nSPS) is 12.3. The average molecular weight is 371 g/mol. The van der Waals surface area contributed by atoms with Gasteiger partial charge in [0.25, 0.3) is 0 Å². The summed E-state index contributed by atoms with van der Waals surface area (Å²) >= 11 is 0. The van der Waals surface area contributed by atoms with Crippen molar-refractivity contribution in [3.63, 3.8) is 0 Å².